The summed E-state index contributed by atoms with van der Waals surface area (Å²) in [6.45, 7) is 6.11. The van der Waals surface area contributed by atoms with E-state index in [1.165, 1.54) is 56.2 Å². The SMILES string of the molecule is COc1cc(CNC23CC4CC(C)(CC(C)(C4)C2)C3)ccc1OCc1ccc(F)cc1Cl. The fourth-order valence-corrected chi connectivity index (χ4v) is 7.89. The van der Waals surface area contributed by atoms with Crippen LogP contribution in [0.4, 0.5) is 4.39 Å². The van der Waals surface area contributed by atoms with Gasteiger partial charge in [0.25, 0.3) is 0 Å². The van der Waals surface area contributed by atoms with Gasteiger partial charge in [0.15, 0.2) is 11.5 Å². The van der Waals surface area contributed by atoms with E-state index >= 15 is 0 Å². The van der Waals surface area contributed by atoms with E-state index in [1.54, 1.807) is 13.2 Å². The van der Waals surface area contributed by atoms with Crippen molar-refractivity contribution in [1.82, 2.24) is 5.32 Å². The number of hydrogen-bond donors (Lipinski definition) is 1. The van der Waals surface area contributed by atoms with Crippen LogP contribution in [0.25, 0.3) is 0 Å². The predicted octanol–water partition coefficient (Wildman–Crippen LogP) is 6.91. The van der Waals surface area contributed by atoms with Gasteiger partial charge in [0.1, 0.15) is 12.4 Å². The van der Waals surface area contributed by atoms with Crippen LogP contribution in [0, 0.1) is 22.6 Å². The molecule has 0 radical (unpaired) electrons. The second kappa shape index (κ2) is 7.92. The zero-order valence-electron chi connectivity index (χ0n) is 19.3. The predicted molar refractivity (Wildman–Crippen MR) is 126 cm³/mol. The quantitative estimate of drug-likeness (QED) is 0.490. The van der Waals surface area contributed by atoms with Gasteiger partial charge in [-0.2, -0.15) is 0 Å². The van der Waals surface area contributed by atoms with Crippen molar-refractivity contribution in [2.24, 2.45) is 16.7 Å². The van der Waals surface area contributed by atoms with Crippen LogP contribution in [0.15, 0.2) is 36.4 Å². The lowest BCUT2D eigenvalue weighted by molar-refractivity contribution is -0.118. The highest BCUT2D eigenvalue weighted by Gasteiger charge is 2.59. The van der Waals surface area contributed by atoms with E-state index in [0.717, 1.165) is 18.0 Å². The largest absolute Gasteiger partial charge is 0.493 e. The average molecular weight is 458 g/mol. The first-order chi connectivity index (χ1) is 15.2. The van der Waals surface area contributed by atoms with E-state index in [-0.39, 0.29) is 18.0 Å². The molecule has 5 heteroatoms. The summed E-state index contributed by atoms with van der Waals surface area (Å²) in [6, 6.07) is 10.4. The lowest BCUT2D eigenvalue weighted by Gasteiger charge is -2.65. The van der Waals surface area contributed by atoms with Gasteiger partial charge in [-0.1, -0.05) is 37.6 Å². The monoisotopic (exact) mass is 457 g/mol. The molecule has 4 fully saturated rings. The smallest absolute Gasteiger partial charge is 0.161 e. The average Bonchev–Trinajstić information content (AvgIpc) is 2.69. The van der Waals surface area contributed by atoms with Crippen molar-refractivity contribution in [2.75, 3.05) is 7.11 Å². The molecule has 0 aliphatic heterocycles. The van der Waals surface area contributed by atoms with E-state index in [0.29, 0.717) is 27.4 Å². The maximum Gasteiger partial charge on any atom is 0.161 e. The molecule has 172 valence electrons. The summed E-state index contributed by atoms with van der Waals surface area (Å²) < 4.78 is 24.8. The first kappa shape index (κ1) is 22.0. The molecule has 0 aromatic heterocycles. The molecule has 6 rings (SSSR count). The van der Waals surface area contributed by atoms with E-state index in [2.05, 4.69) is 31.3 Å². The zero-order valence-corrected chi connectivity index (χ0v) is 20.0. The standard InChI is InChI=1S/C27H33ClFNO2/c1-25-10-19-11-26(2,15-25)17-27(12-19,16-25)30-13-18-4-7-23(24(8-18)31-3)32-14-20-5-6-21(29)9-22(20)28/h4-9,19,30H,10-17H2,1-3H3. The molecule has 4 aliphatic carbocycles. The molecular formula is C27H33ClFNO2. The number of methoxy groups -OCH3 is 1. The maximum absolute atomic E-state index is 13.3. The van der Waals surface area contributed by atoms with Gasteiger partial charge in [-0.3, -0.25) is 0 Å². The molecule has 4 aliphatic rings. The molecule has 4 bridgehead atoms. The van der Waals surface area contributed by atoms with Gasteiger partial charge in [0.05, 0.1) is 12.1 Å². The summed E-state index contributed by atoms with van der Waals surface area (Å²) in [5.74, 6) is 1.88. The molecule has 32 heavy (non-hydrogen) atoms. The third-order valence-corrected chi connectivity index (χ3v) is 8.27. The highest BCUT2D eigenvalue weighted by Crippen LogP contribution is 2.66. The number of rotatable bonds is 7. The fraction of sp³-hybridized carbons (Fsp3) is 0.556. The normalized spacial score (nSPS) is 32.8. The third kappa shape index (κ3) is 4.24. The molecule has 0 heterocycles. The lowest BCUT2D eigenvalue weighted by atomic mass is 9.43. The van der Waals surface area contributed by atoms with Crippen LogP contribution in [0.5, 0.6) is 11.5 Å². The number of ether oxygens (including phenoxy) is 2. The zero-order chi connectivity index (χ0) is 22.6. The molecule has 3 nitrogen and oxygen atoms in total. The van der Waals surface area contributed by atoms with E-state index < -0.39 is 0 Å². The summed E-state index contributed by atoms with van der Waals surface area (Å²) in [4.78, 5) is 0. The van der Waals surface area contributed by atoms with Crippen molar-refractivity contribution >= 4 is 11.6 Å². The number of halogens is 2. The number of nitrogens with one attached hydrogen (secondary N) is 1. The van der Waals surface area contributed by atoms with Gasteiger partial charge in [0, 0.05) is 17.6 Å². The van der Waals surface area contributed by atoms with Crippen molar-refractivity contribution in [3.05, 3.63) is 58.4 Å². The van der Waals surface area contributed by atoms with Gasteiger partial charge in [-0.05, 0) is 85.1 Å². The molecule has 0 amide bonds. The van der Waals surface area contributed by atoms with Gasteiger partial charge in [-0.25, -0.2) is 4.39 Å². The van der Waals surface area contributed by atoms with E-state index in [1.807, 2.05) is 6.07 Å². The van der Waals surface area contributed by atoms with Crippen molar-refractivity contribution in [3.63, 3.8) is 0 Å². The third-order valence-electron chi connectivity index (χ3n) is 7.92. The van der Waals surface area contributed by atoms with Crippen LogP contribution in [0.1, 0.15) is 63.5 Å². The molecule has 2 atom stereocenters. The van der Waals surface area contributed by atoms with Gasteiger partial charge in [-0.15, -0.1) is 0 Å². The second-order valence-electron chi connectivity index (χ2n) is 11.3. The second-order valence-corrected chi connectivity index (χ2v) is 11.7. The molecule has 4 saturated carbocycles. The Bertz CT molecular complexity index is 1010. The molecule has 1 N–H and O–H groups in total. The summed E-state index contributed by atoms with van der Waals surface area (Å²) in [5, 5.41) is 4.35. The molecule has 2 aromatic rings. The van der Waals surface area contributed by atoms with E-state index in [9.17, 15) is 4.39 Å². The Morgan fingerprint density at radius 2 is 1.75 bits per heavy atom. The van der Waals surface area contributed by atoms with Crippen molar-refractivity contribution in [1.29, 1.82) is 0 Å². The Kier molecular flexibility index (Phi) is 5.45. The Labute approximate surface area is 195 Å². The van der Waals surface area contributed by atoms with Crippen molar-refractivity contribution < 1.29 is 13.9 Å². The van der Waals surface area contributed by atoms with E-state index in [4.69, 9.17) is 21.1 Å². The van der Waals surface area contributed by atoms with Crippen LogP contribution in [-0.2, 0) is 13.2 Å². The molecule has 0 spiro atoms. The first-order valence-electron chi connectivity index (χ1n) is 11.7. The van der Waals surface area contributed by atoms with Gasteiger partial charge < -0.3 is 14.8 Å². The number of benzene rings is 2. The highest BCUT2D eigenvalue weighted by molar-refractivity contribution is 6.31. The molecular weight excluding hydrogens is 425 g/mol. The summed E-state index contributed by atoms with van der Waals surface area (Å²) in [6.07, 6.45) is 8.10. The van der Waals surface area contributed by atoms with Crippen molar-refractivity contribution in [2.45, 2.75) is 71.1 Å². The highest BCUT2D eigenvalue weighted by atomic mass is 35.5. The molecule has 0 saturated heterocycles. The maximum atomic E-state index is 13.3. The minimum atomic E-state index is -0.352. The number of hydrogen-bond acceptors (Lipinski definition) is 3. The summed E-state index contributed by atoms with van der Waals surface area (Å²) >= 11 is 6.12. The minimum absolute atomic E-state index is 0.259. The topological polar surface area (TPSA) is 30.5 Å². The Balaban J connectivity index is 1.26. The first-order valence-corrected chi connectivity index (χ1v) is 12.1. The van der Waals surface area contributed by atoms with Crippen LogP contribution < -0.4 is 14.8 Å². The lowest BCUT2D eigenvalue weighted by Crippen LogP contribution is -2.63. The summed E-state index contributed by atoms with van der Waals surface area (Å²) in [7, 11) is 1.66. The van der Waals surface area contributed by atoms with Gasteiger partial charge >= 0.3 is 0 Å². The molecule has 2 unspecified atom stereocenters. The minimum Gasteiger partial charge on any atom is -0.493 e. The molecule has 2 aromatic carbocycles. The fourth-order valence-electron chi connectivity index (χ4n) is 7.67. The van der Waals surface area contributed by atoms with Crippen LogP contribution in [0.2, 0.25) is 5.02 Å². The Hall–Kier alpha value is -1.78. The van der Waals surface area contributed by atoms with Crippen LogP contribution in [-0.4, -0.2) is 12.6 Å². The Morgan fingerprint density at radius 1 is 1.00 bits per heavy atom. The van der Waals surface area contributed by atoms with Crippen molar-refractivity contribution in [3.8, 4) is 11.5 Å². The summed E-state index contributed by atoms with van der Waals surface area (Å²) in [5.41, 5.74) is 3.20. The van der Waals surface area contributed by atoms with Crippen LogP contribution >= 0.6 is 11.6 Å². The Morgan fingerprint density at radius 3 is 2.41 bits per heavy atom. The van der Waals surface area contributed by atoms with Gasteiger partial charge in [0.2, 0.25) is 0 Å². The van der Waals surface area contributed by atoms with Crippen LogP contribution in [0.3, 0.4) is 0 Å².